The third-order valence-corrected chi connectivity index (χ3v) is 1.76. The normalized spacial score (nSPS) is 11.3. The number of alkyl halides is 2. The van der Waals surface area contributed by atoms with E-state index < -0.39 is 12.1 Å². The summed E-state index contributed by atoms with van der Waals surface area (Å²) in [4.78, 5) is 11.3. The molecule has 0 saturated carbocycles. The van der Waals surface area contributed by atoms with Crippen LogP contribution >= 0.6 is 0 Å². The van der Waals surface area contributed by atoms with E-state index in [1.54, 1.807) is 0 Å². The van der Waals surface area contributed by atoms with E-state index in [0.717, 1.165) is 6.20 Å². The summed E-state index contributed by atoms with van der Waals surface area (Å²) in [7, 11) is 0. The molecule has 0 unspecified atom stereocenters. The second-order valence-corrected chi connectivity index (χ2v) is 2.50. The number of halogens is 2. The van der Waals surface area contributed by atoms with Gasteiger partial charge in [-0.2, -0.15) is 8.78 Å². The van der Waals surface area contributed by atoms with Crippen molar-refractivity contribution < 1.29 is 13.2 Å². The van der Waals surface area contributed by atoms with Crippen LogP contribution < -0.4 is 5.56 Å². The summed E-state index contributed by atoms with van der Waals surface area (Å²) in [5.41, 5.74) is -0.414. The van der Waals surface area contributed by atoms with Gasteiger partial charge in [-0.3, -0.25) is 9.36 Å². The molecule has 0 saturated heterocycles. The highest BCUT2D eigenvalue weighted by Gasteiger charge is 2.10. The van der Waals surface area contributed by atoms with Gasteiger partial charge in [-0.15, -0.1) is 0 Å². The second-order valence-electron chi connectivity index (χ2n) is 2.50. The summed E-state index contributed by atoms with van der Waals surface area (Å²) in [6.45, 7) is -2.81. The summed E-state index contributed by atoms with van der Waals surface area (Å²) in [5, 5.41) is 0.169. The fourth-order valence-corrected chi connectivity index (χ4v) is 1.14. The van der Waals surface area contributed by atoms with E-state index in [4.69, 9.17) is 4.42 Å². The zero-order valence-corrected chi connectivity index (χ0v) is 6.41. The lowest BCUT2D eigenvalue weighted by molar-refractivity contribution is 0.0669. The van der Waals surface area contributed by atoms with Crippen LogP contribution in [0.4, 0.5) is 8.78 Å². The fraction of sp³-hybridized carbons (Fsp3) is 0.125. The Labute approximate surface area is 71.2 Å². The first-order valence-electron chi connectivity index (χ1n) is 3.56. The molecule has 0 fully saturated rings. The Bertz CT molecular complexity index is 486. The molecule has 0 aliphatic carbocycles. The number of pyridine rings is 1. The van der Waals surface area contributed by atoms with E-state index in [1.807, 2.05) is 0 Å². The third-order valence-electron chi connectivity index (χ3n) is 1.76. The Kier molecular flexibility index (Phi) is 1.65. The first-order valence-corrected chi connectivity index (χ1v) is 3.56. The van der Waals surface area contributed by atoms with E-state index >= 15 is 0 Å². The molecule has 3 nitrogen and oxygen atoms in total. The highest BCUT2D eigenvalue weighted by Crippen LogP contribution is 2.13. The van der Waals surface area contributed by atoms with Crippen LogP contribution in [-0.2, 0) is 0 Å². The zero-order valence-electron chi connectivity index (χ0n) is 6.41. The summed E-state index contributed by atoms with van der Waals surface area (Å²) >= 11 is 0. The van der Waals surface area contributed by atoms with Crippen LogP contribution in [0.2, 0.25) is 0 Å². The maximum absolute atomic E-state index is 12.2. The molecular weight excluding hydrogens is 180 g/mol. The predicted octanol–water partition coefficient (Wildman–Crippen LogP) is 1.99. The average molecular weight is 185 g/mol. The molecule has 2 aromatic heterocycles. The van der Waals surface area contributed by atoms with E-state index in [9.17, 15) is 13.6 Å². The Morgan fingerprint density at radius 3 is 2.85 bits per heavy atom. The highest BCUT2D eigenvalue weighted by molar-refractivity contribution is 5.75. The fourth-order valence-electron chi connectivity index (χ4n) is 1.14. The van der Waals surface area contributed by atoms with E-state index in [1.165, 1.54) is 18.4 Å². The molecule has 0 aromatic carbocycles. The molecule has 0 atom stereocenters. The molecule has 0 radical (unpaired) electrons. The minimum absolute atomic E-state index is 0.169. The van der Waals surface area contributed by atoms with Crippen molar-refractivity contribution in [2.45, 2.75) is 6.55 Å². The van der Waals surface area contributed by atoms with Gasteiger partial charge in [-0.25, -0.2) is 0 Å². The monoisotopic (exact) mass is 185 g/mol. The zero-order chi connectivity index (χ0) is 9.42. The molecule has 2 rings (SSSR count). The van der Waals surface area contributed by atoms with Gasteiger partial charge in [0.15, 0.2) is 0 Å². The Morgan fingerprint density at radius 1 is 1.38 bits per heavy atom. The smallest absolute Gasteiger partial charge is 0.321 e. The minimum atomic E-state index is -2.81. The van der Waals surface area contributed by atoms with Gasteiger partial charge in [-0.1, -0.05) is 0 Å². The summed E-state index contributed by atoms with van der Waals surface area (Å²) < 4.78 is 29.6. The van der Waals surface area contributed by atoms with Crippen LogP contribution in [0.3, 0.4) is 0 Å². The van der Waals surface area contributed by atoms with Crippen molar-refractivity contribution in [1.29, 1.82) is 0 Å². The second kappa shape index (κ2) is 2.69. The molecule has 0 spiro atoms. The number of rotatable bonds is 1. The molecule has 5 heteroatoms. The van der Waals surface area contributed by atoms with Crippen molar-refractivity contribution >= 4 is 11.0 Å². The first-order chi connectivity index (χ1) is 6.20. The van der Waals surface area contributed by atoms with Crippen LogP contribution in [0, 0.1) is 0 Å². The van der Waals surface area contributed by atoms with Gasteiger partial charge in [0.25, 0.3) is 5.56 Å². The molecule has 2 aromatic rings. The van der Waals surface area contributed by atoms with Gasteiger partial charge in [0.2, 0.25) is 0 Å². The Morgan fingerprint density at radius 2 is 2.15 bits per heavy atom. The number of fused-ring (bicyclic) bond motifs is 1. The number of aromatic nitrogens is 1. The third kappa shape index (κ3) is 1.12. The molecule has 13 heavy (non-hydrogen) atoms. The number of hydrogen-bond donors (Lipinski definition) is 0. The Hall–Kier alpha value is -1.65. The van der Waals surface area contributed by atoms with Gasteiger partial charge in [0.1, 0.15) is 5.58 Å². The number of nitrogens with zero attached hydrogens (tertiary/aromatic N) is 1. The SMILES string of the molecule is O=c1c2ccoc2ccn1C(F)F. The van der Waals surface area contributed by atoms with Crippen molar-refractivity contribution in [3.8, 4) is 0 Å². The minimum Gasteiger partial charge on any atom is -0.464 e. The lowest BCUT2D eigenvalue weighted by Crippen LogP contribution is -2.19. The molecule has 68 valence electrons. The van der Waals surface area contributed by atoms with Crippen molar-refractivity contribution in [3.63, 3.8) is 0 Å². The van der Waals surface area contributed by atoms with Gasteiger partial charge >= 0.3 is 6.55 Å². The Balaban J connectivity index is 2.81. The summed E-state index contributed by atoms with van der Waals surface area (Å²) in [5.74, 6) is 0. The molecule has 2 heterocycles. The average Bonchev–Trinajstić information content (AvgIpc) is 2.52. The lowest BCUT2D eigenvalue weighted by atomic mass is 10.3. The number of hydrogen-bond acceptors (Lipinski definition) is 2. The van der Waals surface area contributed by atoms with Crippen LogP contribution in [0.5, 0.6) is 0 Å². The van der Waals surface area contributed by atoms with Crippen molar-refractivity contribution in [3.05, 3.63) is 34.9 Å². The topological polar surface area (TPSA) is 35.1 Å². The van der Waals surface area contributed by atoms with E-state index in [0.29, 0.717) is 10.2 Å². The van der Waals surface area contributed by atoms with Crippen LogP contribution in [-0.4, -0.2) is 4.57 Å². The maximum atomic E-state index is 12.2. The van der Waals surface area contributed by atoms with E-state index in [-0.39, 0.29) is 5.39 Å². The van der Waals surface area contributed by atoms with Crippen LogP contribution in [0.25, 0.3) is 11.0 Å². The lowest BCUT2D eigenvalue weighted by Gasteiger charge is -2.01. The standard InChI is InChI=1S/C8H5F2NO2/c9-8(10)11-3-1-6-5(7(11)12)2-4-13-6/h1-4,8H. The van der Waals surface area contributed by atoms with E-state index in [2.05, 4.69) is 0 Å². The van der Waals surface area contributed by atoms with Gasteiger partial charge in [0, 0.05) is 6.20 Å². The van der Waals surface area contributed by atoms with Crippen LogP contribution in [0.15, 0.2) is 33.8 Å². The summed E-state index contributed by atoms with van der Waals surface area (Å²) in [6.07, 6.45) is 2.31. The molecule has 0 N–H and O–H groups in total. The molecular formula is C8H5F2NO2. The van der Waals surface area contributed by atoms with Gasteiger partial charge in [-0.05, 0) is 12.1 Å². The van der Waals surface area contributed by atoms with Gasteiger partial charge in [0.05, 0.1) is 11.6 Å². The summed E-state index contributed by atoms with van der Waals surface area (Å²) in [6, 6.07) is 2.71. The number of furan rings is 1. The van der Waals surface area contributed by atoms with Crippen molar-refractivity contribution in [2.24, 2.45) is 0 Å². The van der Waals surface area contributed by atoms with Crippen molar-refractivity contribution in [2.75, 3.05) is 0 Å². The molecule has 0 aliphatic heterocycles. The maximum Gasteiger partial charge on any atom is 0.321 e. The predicted molar refractivity (Wildman–Crippen MR) is 41.7 cm³/mol. The quantitative estimate of drug-likeness (QED) is 0.680. The molecule has 0 amide bonds. The van der Waals surface area contributed by atoms with Crippen molar-refractivity contribution in [1.82, 2.24) is 4.57 Å². The van der Waals surface area contributed by atoms with Gasteiger partial charge < -0.3 is 4.42 Å². The first kappa shape index (κ1) is 7.97. The van der Waals surface area contributed by atoms with Crippen LogP contribution in [0.1, 0.15) is 6.55 Å². The highest BCUT2D eigenvalue weighted by atomic mass is 19.3. The molecule has 0 bridgehead atoms. The largest absolute Gasteiger partial charge is 0.464 e. The molecule has 0 aliphatic rings.